The average Bonchev–Trinajstić information content (AvgIpc) is 2.63. The topological polar surface area (TPSA) is 88.3 Å². The first-order chi connectivity index (χ1) is 9.46. The maximum Gasteiger partial charge on any atom is 0.244 e. The van der Waals surface area contributed by atoms with Crippen LogP contribution in [0, 0.1) is 0 Å². The molecule has 1 unspecified atom stereocenters. The summed E-state index contributed by atoms with van der Waals surface area (Å²) < 4.78 is 26.9. The van der Waals surface area contributed by atoms with E-state index in [9.17, 15) is 8.42 Å². The minimum absolute atomic E-state index is 0.00594. The second-order valence-electron chi connectivity index (χ2n) is 4.96. The highest BCUT2D eigenvalue weighted by atomic mass is 35.5. The molecule has 0 radical (unpaired) electrons. The van der Waals surface area contributed by atoms with Crippen LogP contribution < -0.4 is 11.3 Å². The van der Waals surface area contributed by atoms with E-state index >= 15 is 0 Å². The highest BCUT2D eigenvalue weighted by Gasteiger charge is 2.30. The molecular weight excluding hydrogens is 300 g/mol. The van der Waals surface area contributed by atoms with Gasteiger partial charge < -0.3 is 5.43 Å². The minimum Gasteiger partial charge on any atom is -0.307 e. The molecule has 112 valence electrons. The van der Waals surface area contributed by atoms with Crippen molar-refractivity contribution >= 4 is 27.4 Å². The maximum atomic E-state index is 12.7. The third kappa shape index (κ3) is 3.06. The van der Waals surface area contributed by atoms with Gasteiger partial charge in [0, 0.05) is 18.8 Å². The van der Waals surface area contributed by atoms with Gasteiger partial charge in [0.1, 0.15) is 4.90 Å². The lowest BCUT2D eigenvalue weighted by Crippen LogP contribution is -2.38. The minimum atomic E-state index is -3.56. The molecule has 0 amide bonds. The Kier molecular flexibility index (Phi) is 4.85. The smallest absolute Gasteiger partial charge is 0.244 e. The van der Waals surface area contributed by atoms with Crippen LogP contribution in [0.5, 0.6) is 0 Å². The molecule has 1 aliphatic rings. The van der Waals surface area contributed by atoms with Crippen molar-refractivity contribution in [3.63, 3.8) is 0 Å². The van der Waals surface area contributed by atoms with Crippen molar-refractivity contribution in [1.82, 2.24) is 9.29 Å². The lowest BCUT2D eigenvalue weighted by Gasteiger charge is -2.26. The number of sulfonamides is 1. The summed E-state index contributed by atoms with van der Waals surface area (Å²) in [4.78, 5) is 4.04. The number of hydrogen-bond donors (Lipinski definition) is 2. The van der Waals surface area contributed by atoms with E-state index in [0.29, 0.717) is 6.54 Å². The van der Waals surface area contributed by atoms with Crippen molar-refractivity contribution in [2.24, 2.45) is 5.84 Å². The number of nitrogen functional groups attached to an aromatic ring is 1. The Morgan fingerprint density at radius 3 is 2.85 bits per heavy atom. The van der Waals surface area contributed by atoms with Crippen molar-refractivity contribution in [2.45, 2.75) is 43.5 Å². The molecule has 1 aliphatic heterocycles. The summed E-state index contributed by atoms with van der Waals surface area (Å²) in [6.45, 7) is 2.48. The van der Waals surface area contributed by atoms with E-state index in [2.05, 4.69) is 10.4 Å². The van der Waals surface area contributed by atoms with Crippen LogP contribution in [0.25, 0.3) is 0 Å². The van der Waals surface area contributed by atoms with Crippen LogP contribution in [0.4, 0.5) is 5.82 Å². The molecule has 0 aromatic carbocycles. The lowest BCUT2D eigenvalue weighted by molar-refractivity contribution is 0.342. The fourth-order valence-electron chi connectivity index (χ4n) is 2.41. The number of pyridine rings is 1. The first kappa shape index (κ1) is 15.5. The zero-order valence-electron chi connectivity index (χ0n) is 11.3. The molecule has 0 spiro atoms. The Labute approximate surface area is 124 Å². The van der Waals surface area contributed by atoms with Crippen LogP contribution >= 0.6 is 11.6 Å². The molecule has 3 N–H and O–H groups in total. The van der Waals surface area contributed by atoms with E-state index in [4.69, 9.17) is 17.4 Å². The van der Waals surface area contributed by atoms with Gasteiger partial charge in [0.25, 0.3) is 0 Å². The standard InChI is InChI=1S/C12H19ClN4O2S/c1-9-5-3-2-4-6-17(9)20(18,19)10-7-11(13)12(16-14)15-8-10/h7-9H,2-6,14H2,1H3,(H,15,16). The third-order valence-electron chi connectivity index (χ3n) is 3.55. The van der Waals surface area contributed by atoms with Gasteiger partial charge in [-0.25, -0.2) is 19.2 Å². The predicted octanol–water partition coefficient (Wildman–Crippen LogP) is 1.97. The molecule has 20 heavy (non-hydrogen) atoms. The molecule has 0 aliphatic carbocycles. The van der Waals surface area contributed by atoms with Crippen molar-refractivity contribution in [1.29, 1.82) is 0 Å². The number of halogens is 1. The van der Waals surface area contributed by atoms with Crippen LogP contribution in [0.15, 0.2) is 17.2 Å². The fraction of sp³-hybridized carbons (Fsp3) is 0.583. The Morgan fingerprint density at radius 2 is 2.20 bits per heavy atom. The Morgan fingerprint density at radius 1 is 1.45 bits per heavy atom. The maximum absolute atomic E-state index is 12.7. The molecule has 8 heteroatoms. The van der Waals surface area contributed by atoms with Gasteiger partial charge in [-0.2, -0.15) is 4.31 Å². The normalized spacial score (nSPS) is 21.4. The molecule has 1 fully saturated rings. The van der Waals surface area contributed by atoms with Gasteiger partial charge in [-0.05, 0) is 25.8 Å². The number of nitrogens with one attached hydrogen (secondary N) is 1. The second-order valence-corrected chi connectivity index (χ2v) is 7.26. The number of hydrogen-bond acceptors (Lipinski definition) is 5. The number of rotatable bonds is 3. The first-order valence-corrected chi connectivity index (χ1v) is 8.42. The van der Waals surface area contributed by atoms with Gasteiger partial charge in [-0.15, -0.1) is 0 Å². The van der Waals surface area contributed by atoms with Crippen molar-refractivity contribution in [3.05, 3.63) is 17.3 Å². The molecule has 2 heterocycles. The largest absolute Gasteiger partial charge is 0.307 e. The molecule has 0 bridgehead atoms. The van der Waals surface area contributed by atoms with Gasteiger partial charge in [0.2, 0.25) is 10.0 Å². The van der Waals surface area contributed by atoms with Gasteiger partial charge >= 0.3 is 0 Å². The van der Waals surface area contributed by atoms with Gasteiger partial charge in [-0.3, -0.25) is 0 Å². The van der Waals surface area contributed by atoms with Crippen LogP contribution in [-0.4, -0.2) is 30.3 Å². The Bertz CT molecular complexity index is 579. The summed E-state index contributed by atoms with van der Waals surface area (Å²) in [6.07, 6.45) is 5.16. The van der Waals surface area contributed by atoms with Crippen LogP contribution in [0.3, 0.4) is 0 Å². The summed E-state index contributed by atoms with van der Waals surface area (Å²) in [7, 11) is -3.56. The second kappa shape index (κ2) is 6.26. The number of nitrogens with two attached hydrogens (primary N) is 1. The monoisotopic (exact) mass is 318 g/mol. The van der Waals surface area contributed by atoms with E-state index in [1.54, 1.807) is 4.31 Å². The molecule has 0 saturated carbocycles. The summed E-state index contributed by atoms with van der Waals surface area (Å²) in [5.41, 5.74) is 2.32. The van der Waals surface area contributed by atoms with E-state index < -0.39 is 10.0 Å². The first-order valence-electron chi connectivity index (χ1n) is 6.61. The molecule has 1 aromatic heterocycles. The van der Waals surface area contributed by atoms with E-state index in [-0.39, 0.29) is 21.8 Å². The van der Waals surface area contributed by atoms with Crippen molar-refractivity contribution in [2.75, 3.05) is 12.0 Å². The number of nitrogens with zero attached hydrogens (tertiary/aromatic N) is 2. The lowest BCUT2D eigenvalue weighted by atomic mass is 10.1. The molecule has 6 nitrogen and oxygen atoms in total. The Balaban J connectivity index is 2.36. The highest BCUT2D eigenvalue weighted by Crippen LogP contribution is 2.27. The Hall–Kier alpha value is -0.890. The summed E-state index contributed by atoms with van der Waals surface area (Å²) in [6, 6.07) is 1.38. The van der Waals surface area contributed by atoms with Gasteiger partial charge in [-0.1, -0.05) is 24.4 Å². The van der Waals surface area contributed by atoms with E-state index in [0.717, 1.165) is 25.7 Å². The summed E-state index contributed by atoms with van der Waals surface area (Å²) in [5, 5.41) is 0.191. The molecule has 2 rings (SSSR count). The van der Waals surface area contributed by atoms with Crippen LogP contribution in [-0.2, 0) is 10.0 Å². The number of anilines is 1. The zero-order chi connectivity index (χ0) is 14.8. The van der Waals surface area contributed by atoms with Crippen molar-refractivity contribution < 1.29 is 8.42 Å². The number of aromatic nitrogens is 1. The molecule has 1 saturated heterocycles. The fourth-order valence-corrected chi connectivity index (χ4v) is 4.37. The molecular formula is C12H19ClN4O2S. The third-order valence-corrected chi connectivity index (χ3v) is 5.82. The van der Waals surface area contributed by atoms with E-state index in [1.807, 2.05) is 6.92 Å². The van der Waals surface area contributed by atoms with Gasteiger partial charge in [0.05, 0.1) is 5.02 Å². The van der Waals surface area contributed by atoms with E-state index in [1.165, 1.54) is 12.3 Å². The van der Waals surface area contributed by atoms with Gasteiger partial charge in [0.15, 0.2) is 5.82 Å². The van der Waals surface area contributed by atoms with Crippen LogP contribution in [0.1, 0.15) is 32.6 Å². The van der Waals surface area contributed by atoms with Crippen molar-refractivity contribution in [3.8, 4) is 0 Å². The molecule has 1 atom stereocenters. The predicted molar refractivity (Wildman–Crippen MR) is 78.9 cm³/mol. The average molecular weight is 319 g/mol. The molecule has 1 aromatic rings. The SMILES string of the molecule is CC1CCCCCN1S(=O)(=O)c1cnc(NN)c(Cl)c1. The van der Waals surface area contributed by atoms with Crippen LogP contribution in [0.2, 0.25) is 5.02 Å². The quantitative estimate of drug-likeness (QED) is 0.657. The number of hydrazine groups is 1. The zero-order valence-corrected chi connectivity index (χ0v) is 12.9. The summed E-state index contributed by atoms with van der Waals surface area (Å²) >= 11 is 5.96. The highest BCUT2D eigenvalue weighted by molar-refractivity contribution is 7.89. The summed E-state index contributed by atoms with van der Waals surface area (Å²) in [5.74, 6) is 5.50.